The van der Waals surface area contributed by atoms with Gasteiger partial charge in [-0.05, 0) is 29.7 Å². The summed E-state index contributed by atoms with van der Waals surface area (Å²) in [7, 11) is 0. The molecule has 5 nitrogen and oxygen atoms in total. The van der Waals surface area contributed by atoms with Crippen molar-refractivity contribution < 1.29 is 14.6 Å². The fourth-order valence-electron chi connectivity index (χ4n) is 2.95. The molecule has 1 aliphatic rings. The van der Waals surface area contributed by atoms with Gasteiger partial charge >= 0.3 is 0 Å². The van der Waals surface area contributed by atoms with E-state index in [4.69, 9.17) is 9.84 Å². The van der Waals surface area contributed by atoms with E-state index in [9.17, 15) is 4.79 Å². The number of nitrogens with zero attached hydrogens (tertiary/aromatic N) is 1. The molecule has 132 valence electrons. The molecule has 0 bridgehead atoms. The maximum Gasteiger partial charge on any atom is 0.254 e. The number of carbonyl (C=O) groups is 1. The Morgan fingerprint density at radius 1 is 1.12 bits per heavy atom. The van der Waals surface area contributed by atoms with E-state index in [-0.39, 0.29) is 12.5 Å². The normalized spacial score (nSPS) is 18.0. The van der Waals surface area contributed by atoms with Gasteiger partial charge in [0.15, 0.2) is 0 Å². The fourth-order valence-corrected chi connectivity index (χ4v) is 2.95. The highest BCUT2D eigenvalue weighted by atomic mass is 16.5. The number of hydrogen-bond acceptors (Lipinski definition) is 4. The Balaban J connectivity index is 1.54. The van der Waals surface area contributed by atoms with Gasteiger partial charge in [-0.1, -0.05) is 42.5 Å². The van der Waals surface area contributed by atoms with Crippen molar-refractivity contribution >= 4 is 11.6 Å². The number of nitrogens with one attached hydrogen (secondary N) is 1. The number of anilines is 1. The Bertz CT molecular complexity index is 673. The van der Waals surface area contributed by atoms with Gasteiger partial charge in [0.05, 0.1) is 6.61 Å². The Kier molecular flexibility index (Phi) is 6.17. The molecule has 1 atom stereocenters. The van der Waals surface area contributed by atoms with E-state index in [1.54, 1.807) is 0 Å². The van der Waals surface area contributed by atoms with E-state index in [0.29, 0.717) is 19.6 Å². The third-order valence-electron chi connectivity index (χ3n) is 4.31. The lowest BCUT2D eigenvalue weighted by Gasteiger charge is -2.32. The smallest absolute Gasteiger partial charge is 0.254 e. The number of aliphatic hydroxyl groups excluding tert-OH is 1. The molecule has 1 amide bonds. The third-order valence-corrected chi connectivity index (χ3v) is 4.31. The summed E-state index contributed by atoms with van der Waals surface area (Å²) in [6, 6.07) is 17.8. The van der Waals surface area contributed by atoms with Crippen molar-refractivity contribution in [2.75, 3.05) is 31.6 Å². The zero-order valence-corrected chi connectivity index (χ0v) is 14.2. The summed E-state index contributed by atoms with van der Waals surface area (Å²) in [5.41, 5.74) is 3.03. The number of hydrogen-bond donors (Lipinski definition) is 2. The van der Waals surface area contributed by atoms with Crippen LogP contribution in [0.4, 0.5) is 5.69 Å². The van der Waals surface area contributed by atoms with Gasteiger partial charge in [0.2, 0.25) is 0 Å². The van der Waals surface area contributed by atoms with Crippen molar-refractivity contribution in [1.29, 1.82) is 0 Å². The molecule has 3 rings (SSSR count). The largest absolute Gasteiger partial charge is 0.396 e. The van der Waals surface area contributed by atoms with Gasteiger partial charge in [-0.15, -0.1) is 0 Å². The van der Waals surface area contributed by atoms with Crippen molar-refractivity contribution in [3.8, 4) is 0 Å². The SMILES string of the molecule is O=C(Nc1ccc(CCO)cc1)C1CN(Cc2ccccc2)CCO1. The first-order valence-electron chi connectivity index (χ1n) is 8.63. The standard InChI is InChI=1S/C20H24N2O3/c23-12-10-16-6-8-18(9-7-16)21-20(24)19-15-22(11-13-25-19)14-17-4-2-1-3-5-17/h1-9,19,23H,10-15H2,(H,21,24). The minimum absolute atomic E-state index is 0.118. The summed E-state index contributed by atoms with van der Waals surface area (Å²) in [6.07, 6.45) is 0.156. The maximum atomic E-state index is 12.5. The minimum Gasteiger partial charge on any atom is -0.396 e. The van der Waals surface area contributed by atoms with Crippen molar-refractivity contribution in [1.82, 2.24) is 4.90 Å². The Morgan fingerprint density at radius 3 is 2.60 bits per heavy atom. The topological polar surface area (TPSA) is 61.8 Å². The first-order valence-corrected chi connectivity index (χ1v) is 8.63. The van der Waals surface area contributed by atoms with Crippen LogP contribution in [0.3, 0.4) is 0 Å². The number of benzene rings is 2. The van der Waals surface area contributed by atoms with Crippen LogP contribution in [0.25, 0.3) is 0 Å². The summed E-state index contributed by atoms with van der Waals surface area (Å²) in [5, 5.41) is 11.9. The van der Waals surface area contributed by atoms with Crippen LogP contribution < -0.4 is 5.32 Å². The Labute approximate surface area is 148 Å². The molecule has 5 heteroatoms. The molecule has 1 heterocycles. The van der Waals surface area contributed by atoms with Gasteiger partial charge in [-0.3, -0.25) is 9.69 Å². The van der Waals surface area contributed by atoms with Gasteiger partial charge in [0.1, 0.15) is 6.10 Å². The molecule has 0 saturated carbocycles. The molecular weight excluding hydrogens is 316 g/mol. The Morgan fingerprint density at radius 2 is 1.88 bits per heavy atom. The number of aliphatic hydroxyl groups is 1. The summed E-state index contributed by atoms with van der Waals surface area (Å²) < 4.78 is 5.66. The summed E-state index contributed by atoms with van der Waals surface area (Å²) >= 11 is 0. The van der Waals surface area contributed by atoms with Crippen molar-refractivity contribution in [3.05, 3.63) is 65.7 Å². The summed E-state index contributed by atoms with van der Waals surface area (Å²) in [6.45, 7) is 2.92. The van der Waals surface area contributed by atoms with Crippen molar-refractivity contribution in [3.63, 3.8) is 0 Å². The molecule has 0 spiro atoms. The van der Waals surface area contributed by atoms with E-state index in [0.717, 1.165) is 24.3 Å². The highest BCUT2D eigenvalue weighted by molar-refractivity contribution is 5.94. The molecular formula is C20H24N2O3. The van der Waals surface area contributed by atoms with E-state index < -0.39 is 6.10 Å². The maximum absolute atomic E-state index is 12.5. The van der Waals surface area contributed by atoms with Gasteiger partial charge in [0, 0.05) is 31.9 Å². The lowest BCUT2D eigenvalue weighted by Crippen LogP contribution is -2.47. The molecule has 1 aliphatic heterocycles. The molecule has 2 aromatic carbocycles. The highest BCUT2D eigenvalue weighted by Crippen LogP contribution is 2.14. The van der Waals surface area contributed by atoms with Crippen LogP contribution in [0.15, 0.2) is 54.6 Å². The van der Waals surface area contributed by atoms with Crippen molar-refractivity contribution in [2.24, 2.45) is 0 Å². The minimum atomic E-state index is -0.463. The fraction of sp³-hybridized carbons (Fsp3) is 0.350. The van der Waals surface area contributed by atoms with Crippen LogP contribution in [0.2, 0.25) is 0 Å². The number of rotatable bonds is 6. The average molecular weight is 340 g/mol. The molecule has 1 saturated heterocycles. The summed E-state index contributed by atoms with van der Waals surface area (Å²) in [5.74, 6) is -0.118. The second-order valence-corrected chi connectivity index (χ2v) is 6.24. The van der Waals surface area contributed by atoms with Crippen LogP contribution in [0, 0.1) is 0 Å². The first kappa shape index (κ1) is 17.6. The predicted octanol–water partition coefficient (Wildman–Crippen LogP) is 2.06. The lowest BCUT2D eigenvalue weighted by atomic mass is 10.1. The van der Waals surface area contributed by atoms with Crippen LogP contribution in [0.5, 0.6) is 0 Å². The second-order valence-electron chi connectivity index (χ2n) is 6.24. The highest BCUT2D eigenvalue weighted by Gasteiger charge is 2.26. The molecule has 1 fully saturated rings. The van der Waals surface area contributed by atoms with Crippen LogP contribution in [0.1, 0.15) is 11.1 Å². The van der Waals surface area contributed by atoms with Gasteiger partial charge in [0.25, 0.3) is 5.91 Å². The number of amides is 1. The second kappa shape index (κ2) is 8.76. The van der Waals surface area contributed by atoms with E-state index in [2.05, 4.69) is 22.3 Å². The molecule has 2 aromatic rings. The third kappa shape index (κ3) is 5.13. The molecule has 2 N–H and O–H groups in total. The summed E-state index contributed by atoms with van der Waals surface area (Å²) in [4.78, 5) is 14.7. The molecule has 0 radical (unpaired) electrons. The van der Waals surface area contributed by atoms with E-state index in [1.165, 1.54) is 5.56 Å². The molecule has 25 heavy (non-hydrogen) atoms. The van der Waals surface area contributed by atoms with Crippen LogP contribution in [-0.2, 0) is 22.5 Å². The lowest BCUT2D eigenvalue weighted by molar-refractivity contribution is -0.133. The van der Waals surface area contributed by atoms with Crippen molar-refractivity contribution in [2.45, 2.75) is 19.1 Å². The van der Waals surface area contributed by atoms with Gasteiger partial charge in [-0.2, -0.15) is 0 Å². The Hall–Kier alpha value is -2.21. The average Bonchev–Trinajstić information content (AvgIpc) is 2.65. The number of carbonyl (C=O) groups excluding carboxylic acids is 1. The van der Waals surface area contributed by atoms with E-state index in [1.807, 2.05) is 42.5 Å². The molecule has 1 unspecified atom stereocenters. The number of morpholine rings is 1. The predicted molar refractivity (Wildman–Crippen MR) is 97.3 cm³/mol. The quantitative estimate of drug-likeness (QED) is 0.845. The van der Waals surface area contributed by atoms with Crippen LogP contribution >= 0.6 is 0 Å². The zero-order chi connectivity index (χ0) is 17.5. The van der Waals surface area contributed by atoms with Gasteiger partial charge in [-0.25, -0.2) is 0 Å². The van der Waals surface area contributed by atoms with E-state index >= 15 is 0 Å². The first-order chi connectivity index (χ1) is 12.2. The zero-order valence-electron chi connectivity index (χ0n) is 14.2. The van der Waals surface area contributed by atoms with Crippen LogP contribution in [-0.4, -0.2) is 48.3 Å². The molecule has 0 aliphatic carbocycles. The number of ether oxygens (including phenoxy) is 1. The monoisotopic (exact) mass is 340 g/mol. The molecule has 0 aromatic heterocycles. The van der Waals surface area contributed by atoms with Gasteiger partial charge < -0.3 is 15.2 Å².